The number of benzene rings is 1. The Kier molecular flexibility index (Phi) is 2.69. The molecule has 0 bridgehead atoms. The van der Waals surface area contributed by atoms with Gasteiger partial charge in [-0.05, 0) is 31.5 Å². The first-order chi connectivity index (χ1) is 8.36. The van der Waals surface area contributed by atoms with Crippen LogP contribution in [0.3, 0.4) is 0 Å². The van der Waals surface area contributed by atoms with Crippen molar-refractivity contribution in [3.05, 3.63) is 48.0 Å². The highest BCUT2D eigenvalue weighted by Crippen LogP contribution is 2.24. The summed E-state index contributed by atoms with van der Waals surface area (Å²) in [6.07, 6.45) is 5.15. The Morgan fingerprint density at radius 1 is 1.35 bits per heavy atom. The van der Waals surface area contributed by atoms with Gasteiger partial charge in [0.25, 0.3) is 0 Å². The quantitative estimate of drug-likeness (QED) is 0.853. The van der Waals surface area contributed by atoms with Gasteiger partial charge < -0.3 is 9.88 Å². The molecule has 1 N–H and O–H groups in total. The number of aromatic nitrogens is 2. The van der Waals surface area contributed by atoms with Gasteiger partial charge >= 0.3 is 0 Å². The standard InChI is InChI=1S/C14H17N3/c1-11-4-2-3-5-13(11)17-9-8-16-14(17)12-6-7-15-10-12/h2-5,8-9,12,15H,6-7,10H2,1H3. The van der Waals surface area contributed by atoms with Crippen LogP contribution in [0.4, 0.5) is 0 Å². The van der Waals surface area contributed by atoms with E-state index in [2.05, 4.69) is 52.3 Å². The van der Waals surface area contributed by atoms with E-state index in [4.69, 9.17) is 0 Å². The second kappa shape index (κ2) is 4.34. The Balaban J connectivity index is 2.04. The fourth-order valence-corrected chi connectivity index (χ4v) is 2.53. The Morgan fingerprint density at radius 3 is 3.00 bits per heavy atom. The van der Waals surface area contributed by atoms with Crippen LogP contribution in [0.5, 0.6) is 0 Å². The number of hydrogen-bond donors (Lipinski definition) is 1. The molecule has 0 radical (unpaired) electrons. The van der Waals surface area contributed by atoms with Crippen molar-refractivity contribution in [2.75, 3.05) is 13.1 Å². The van der Waals surface area contributed by atoms with Crippen molar-refractivity contribution >= 4 is 0 Å². The van der Waals surface area contributed by atoms with Gasteiger partial charge in [0.2, 0.25) is 0 Å². The second-order valence-corrected chi connectivity index (χ2v) is 4.63. The molecule has 3 rings (SSSR count). The molecular formula is C14H17N3. The van der Waals surface area contributed by atoms with Gasteiger partial charge in [-0.1, -0.05) is 18.2 Å². The largest absolute Gasteiger partial charge is 0.316 e. The number of rotatable bonds is 2. The van der Waals surface area contributed by atoms with E-state index in [1.54, 1.807) is 0 Å². The molecule has 1 aromatic carbocycles. The molecule has 0 saturated carbocycles. The molecule has 1 aliphatic rings. The number of nitrogens with one attached hydrogen (secondary N) is 1. The number of hydrogen-bond acceptors (Lipinski definition) is 2. The first kappa shape index (κ1) is 10.5. The minimum Gasteiger partial charge on any atom is -0.316 e. The summed E-state index contributed by atoms with van der Waals surface area (Å²) in [5, 5.41) is 3.40. The first-order valence-electron chi connectivity index (χ1n) is 6.16. The molecule has 1 aliphatic heterocycles. The highest BCUT2D eigenvalue weighted by Gasteiger charge is 2.21. The maximum Gasteiger partial charge on any atom is 0.117 e. The molecular weight excluding hydrogens is 210 g/mol. The average molecular weight is 227 g/mol. The van der Waals surface area contributed by atoms with Crippen molar-refractivity contribution in [2.24, 2.45) is 0 Å². The van der Waals surface area contributed by atoms with Crippen LogP contribution in [0.2, 0.25) is 0 Å². The van der Waals surface area contributed by atoms with Gasteiger partial charge in [0.15, 0.2) is 0 Å². The third-order valence-corrected chi connectivity index (χ3v) is 3.47. The molecule has 1 saturated heterocycles. The number of para-hydroxylation sites is 1. The lowest BCUT2D eigenvalue weighted by Crippen LogP contribution is -2.12. The molecule has 0 amide bonds. The van der Waals surface area contributed by atoms with E-state index in [-0.39, 0.29) is 0 Å². The van der Waals surface area contributed by atoms with Crippen LogP contribution in [0.15, 0.2) is 36.7 Å². The Labute approximate surface area is 101 Å². The Hall–Kier alpha value is -1.61. The molecule has 0 spiro atoms. The summed E-state index contributed by atoms with van der Waals surface area (Å²) in [4.78, 5) is 4.54. The summed E-state index contributed by atoms with van der Waals surface area (Å²) in [5.74, 6) is 1.73. The third-order valence-electron chi connectivity index (χ3n) is 3.47. The van der Waals surface area contributed by atoms with Crippen LogP contribution in [-0.4, -0.2) is 22.6 Å². The smallest absolute Gasteiger partial charge is 0.117 e. The van der Waals surface area contributed by atoms with Gasteiger partial charge in [0, 0.05) is 30.5 Å². The average Bonchev–Trinajstić information content (AvgIpc) is 3.00. The zero-order valence-electron chi connectivity index (χ0n) is 10.1. The highest BCUT2D eigenvalue weighted by molar-refractivity contribution is 5.41. The molecule has 3 heteroatoms. The van der Waals surface area contributed by atoms with E-state index in [1.165, 1.54) is 23.5 Å². The van der Waals surface area contributed by atoms with Crippen molar-refractivity contribution in [3.8, 4) is 5.69 Å². The van der Waals surface area contributed by atoms with E-state index < -0.39 is 0 Å². The third kappa shape index (κ3) is 1.87. The predicted octanol–water partition coefficient (Wildman–Crippen LogP) is 2.26. The van der Waals surface area contributed by atoms with Gasteiger partial charge in [-0.15, -0.1) is 0 Å². The molecule has 1 unspecified atom stereocenters. The van der Waals surface area contributed by atoms with Gasteiger partial charge in [-0.2, -0.15) is 0 Å². The first-order valence-corrected chi connectivity index (χ1v) is 6.16. The summed E-state index contributed by atoms with van der Waals surface area (Å²) in [5.41, 5.74) is 2.53. The Morgan fingerprint density at radius 2 is 2.24 bits per heavy atom. The molecule has 1 aromatic heterocycles. The maximum atomic E-state index is 4.54. The topological polar surface area (TPSA) is 29.9 Å². The molecule has 17 heavy (non-hydrogen) atoms. The van der Waals surface area contributed by atoms with E-state index >= 15 is 0 Å². The van der Waals surface area contributed by atoms with Crippen molar-refractivity contribution in [3.63, 3.8) is 0 Å². The van der Waals surface area contributed by atoms with Gasteiger partial charge in [0.1, 0.15) is 5.82 Å². The lowest BCUT2D eigenvalue weighted by atomic mass is 10.1. The van der Waals surface area contributed by atoms with Crippen molar-refractivity contribution in [2.45, 2.75) is 19.3 Å². The number of aryl methyl sites for hydroxylation is 1. The van der Waals surface area contributed by atoms with Gasteiger partial charge in [-0.3, -0.25) is 0 Å². The molecule has 1 fully saturated rings. The summed E-state index contributed by atoms with van der Waals surface area (Å²) in [6.45, 7) is 4.29. The van der Waals surface area contributed by atoms with E-state index in [9.17, 15) is 0 Å². The number of imidazole rings is 1. The zero-order chi connectivity index (χ0) is 11.7. The van der Waals surface area contributed by atoms with Crippen molar-refractivity contribution in [1.29, 1.82) is 0 Å². The van der Waals surface area contributed by atoms with Gasteiger partial charge in [-0.25, -0.2) is 4.98 Å². The fraction of sp³-hybridized carbons (Fsp3) is 0.357. The van der Waals surface area contributed by atoms with Crippen LogP contribution in [0.25, 0.3) is 5.69 Å². The predicted molar refractivity (Wildman–Crippen MR) is 68.5 cm³/mol. The lowest BCUT2D eigenvalue weighted by Gasteiger charge is -2.14. The Bertz CT molecular complexity index is 510. The zero-order valence-corrected chi connectivity index (χ0v) is 10.1. The van der Waals surface area contributed by atoms with Crippen molar-refractivity contribution in [1.82, 2.24) is 14.9 Å². The monoisotopic (exact) mass is 227 g/mol. The van der Waals surface area contributed by atoms with E-state index in [1.807, 2.05) is 6.20 Å². The lowest BCUT2D eigenvalue weighted by molar-refractivity contribution is 0.686. The highest BCUT2D eigenvalue weighted by atomic mass is 15.1. The molecule has 2 aromatic rings. The summed E-state index contributed by atoms with van der Waals surface area (Å²) in [6, 6.07) is 8.46. The van der Waals surface area contributed by atoms with Crippen LogP contribution < -0.4 is 5.32 Å². The normalized spacial score (nSPS) is 19.7. The second-order valence-electron chi connectivity index (χ2n) is 4.63. The SMILES string of the molecule is Cc1ccccc1-n1ccnc1C1CCNC1. The van der Waals surface area contributed by atoms with E-state index in [0.29, 0.717) is 5.92 Å². The van der Waals surface area contributed by atoms with Crippen LogP contribution in [0.1, 0.15) is 23.7 Å². The minimum atomic E-state index is 0.546. The number of nitrogens with zero attached hydrogens (tertiary/aromatic N) is 2. The van der Waals surface area contributed by atoms with Crippen molar-refractivity contribution < 1.29 is 0 Å². The minimum absolute atomic E-state index is 0.546. The maximum absolute atomic E-state index is 4.54. The van der Waals surface area contributed by atoms with Crippen LogP contribution >= 0.6 is 0 Å². The molecule has 0 aliphatic carbocycles. The van der Waals surface area contributed by atoms with Crippen LogP contribution in [-0.2, 0) is 0 Å². The molecule has 2 heterocycles. The fourth-order valence-electron chi connectivity index (χ4n) is 2.53. The summed E-state index contributed by atoms with van der Waals surface area (Å²) < 4.78 is 2.23. The molecule has 88 valence electrons. The summed E-state index contributed by atoms with van der Waals surface area (Å²) >= 11 is 0. The van der Waals surface area contributed by atoms with Gasteiger partial charge in [0.05, 0.1) is 0 Å². The van der Waals surface area contributed by atoms with E-state index in [0.717, 1.165) is 13.1 Å². The molecule has 1 atom stereocenters. The summed E-state index contributed by atoms with van der Waals surface area (Å²) in [7, 11) is 0. The molecule has 3 nitrogen and oxygen atoms in total. The van der Waals surface area contributed by atoms with Crippen LogP contribution in [0, 0.1) is 6.92 Å².